The number of aryl methyl sites for hydroxylation is 2. The molecule has 2 aromatic carbocycles. The molecule has 0 bridgehead atoms. The van der Waals surface area contributed by atoms with Crippen molar-refractivity contribution in [2.45, 2.75) is 13.8 Å². The number of rotatable bonds is 6. The molecule has 0 aromatic heterocycles. The van der Waals surface area contributed by atoms with Gasteiger partial charge in [-0.25, -0.2) is 0 Å². The Morgan fingerprint density at radius 2 is 1.58 bits per heavy atom. The first-order valence-corrected chi connectivity index (χ1v) is 8.88. The van der Waals surface area contributed by atoms with Crippen LogP contribution < -0.4 is 20.3 Å². The zero-order valence-corrected chi connectivity index (χ0v) is 16.6. The predicted molar refractivity (Wildman–Crippen MR) is 102 cm³/mol. The molecule has 2 amide bonds. The first-order valence-electron chi connectivity index (χ1n) is 7.71. The maximum absolute atomic E-state index is 11.8. The fraction of sp³-hybridized carbons (Fsp3) is 0.222. The van der Waals surface area contributed by atoms with Crippen LogP contribution in [0.25, 0.3) is 0 Å². The van der Waals surface area contributed by atoms with Crippen LogP contribution in [0.4, 0.5) is 0 Å². The number of ether oxygens (including phenoxy) is 2. The normalized spacial score (nSPS) is 10.2. The lowest BCUT2D eigenvalue weighted by molar-refractivity contribution is -0.131. The molecule has 2 aromatic rings. The lowest BCUT2D eigenvalue weighted by atomic mass is 10.1. The number of carbonyl (C=O) groups excluding carboxylic acids is 2. The number of para-hydroxylation sites is 1. The topological polar surface area (TPSA) is 76.7 Å². The summed E-state index contributed by atoms with van der Waals surface area (Å²) in [6.45, 7) is 3.28. The summed E-state index contributed by atoms with van der Waals surface area (Å²) in [6.07, 6.45) is 0. The van der Waals surface area contributed by atoms with Gasteiger partial charge in [0.15, 0.2) is 13.2 Å². The molecule has 0 heterocycles. The van der Waals surface area contributed by atoms with E-state index in [1.54, 1.807) is 18.2 Å². The summed E-state index contributed by atoms with van der Waals surface area (Å²) in [7, 11) is 0. The van der Waals surface area contributed by atoms with Gasteiger partial charge in [0, 0.05) is 4.47 Å². The Labute approximate surface area is 164 Å². The molecule has 2 N–H and O–H groups in total. The molecule has 0 aliphatic rings. The van der Waals surface area contributed by atoms with Crippen molar-refractivity contribution in [2.24, 2.45) is 0 Å². The molecule has 0 unspecified atom stereocenters. The molecule has 0 atom stereocenters. The number of hydrogen-bond acceptors (Lipinski definition) is 4. The molecule has 0 spiro atoms. The van der Waals surface area contributed by atoms with Gasteiger partial charge in [0.2, 0.25) is 0 Å². The maximum Gasteiger partial charge on any atom is 0.276 e. The van der Waals surface area contributed by atoms with Crippen LogP contribution in [0.1, 0.15) is 11.1 Å². The summed E-state index contributed by atoms with van der Waals surface area (Å²) in [5, 5.41) is 0.373. The van der Waals surface area contributed by atoms with Gasteiger partial charge in [0.25, 0.3) is 11.8 Å². The van der Waals surface area contributed by atoms with Gasteiger partial charge in [0.1, 0.15) is 11.5 Å². The van der Waals surface area contributed by atoms with Gasteiger partial charge in [0.05, 0.1) is 5.02 Å². The summed E-state index contributed by atoms with van der Waals surface area (Å²) in [4.78, 5) is 23.5. The predicted octanol–water partition coefficient (Wildman–Crippen LogP) is 3.32. The number of nitrogens with one attached hydrogen (secondary N) is 2. The Kier molecular flexibility index (Phi) is 7.29. The molecular formula is C18H18BrClN2O4. The van der Waals surface area contributed by atoms with Gasteiger partial charge >= 0.3 is 0 Å². The lowest BCUT2D eigenvalue weighted by Gasteiger charge is -2.12. The summed E-state index contributed by atoms with van der Waals surface area (Å²) >= 11 is 9.27. The molecule has 6 nitrogen and oxygen atoms in total. The average molecular weight is 442 g/mol. The summed E-state index contributed by atoms with van der Waals surface area (Å²) < 4.78 is 11.6. The molecular weight excluding hydrogens is 424 g/mol. The van der Waals surface area contributed by atoms with Crippen molar-refractivity contribution in [3.8, 4) is 11.5 Å². The Morgan fingerprint density at radius 3 is 2.15 bits per heavy atom. The fourth-order valence-corrected chi connectivity index (χ4v) is 2.84. The Balaban J connectivity index is 1.74. The average Bonchev–Trinajstić information content (AvgIpc) is 2.58. The van der Waals surface area contributed by atoms with Gasteiger partial charge in [-0.2, -0.15) is 0 Å². The third-order valence-corrected chi connectivity index (χ3v) is 4.14. The largest absolute Gasteiger partial charge is 0.483 e. The zero-order valence-electron chi connectivity index (χ0n) is 14.3. The molecule has 0 saturated heterocycles. The summed E-state index contributed by atoms with van der Waals surface area (Å²) in [5.41, 5.74) is 6.38. The highest BCUT2D eigenvalue weighted by Gasteiger charge is 2.10. The van der Waals surface area contributed by atoms with Crippen LogP contribution in [0.2, 0.25) is 5.02 Å². The van der Waals surface area contributed by atoms with Gasteiger partial charge in [-0.15, -0.1) is 0 Å². The van der Waals surface area contributed by atoms with Crippen LogP contribution >= 0.6 is 27.5 Å². The molecule has 0 aliphatic heterocycles. The monoisotopic (exact) mass is 440 g/mol. The molecule has 0 saturated carbocycles. The van der Waals surface area contributed by atoms with Crippen molar-refractivity contribution in [2.75, 3.05) is 13.2 Å². The molecule has 0 radical (unpaired) electrons. The number of benzene rings is 2. The first kappa shape index (κ1) is 20.1. The van der Waals surface area contributed by atoms with Crippen molar-refractivity contribution in [3.05, 3.63) is 57.0 Å². The van der Waals surface area contributed by atoms with Crippen molar-refractivity contribution in [1.82, 2.24) is 10.9 Å². The van der Waals surface area contributed by atoms with Crippen molar-refractivity contribution in [3.63, 3.8) is 0 Å². The Morgan fingerprint density at radius 1 is 1.00 bits per heavy atom. The first-order chi connectivity index (χ1) is 12.4. The standard InChI is InChI=1S/C18H18BrClN2O4/c1-11-4-3-5-12(2)18(11)26-10-17(24)22-21-16(23)9-25-15-7-6-13(19)8-14(15)20/h3-8H,9-10H2,1-2H3,(H,21,23)(H,22,24). The number of hydrazine groups is 1. The molecule has 8 heteroatoms. The maximum atomic E-state index is 11.8. The van der Waals surface area contributed by atoms with Crippen LogP contribution in [0.15, 0.2) is 40.9 Å². The van der Waals surface area contributed by atoms with Crippen LogP contribution in [0.3, 0.4) is 0 Å². The van der Waals surface area contributed by atoms with E-state index in [4.69, 9.17) is 21.1 Å². The number of halogens is 2. The Bertz CT molecular complexity index is 794. The van der Waals surface area contributed by atoms with E-state index in [0.29, 0.717) is 16.5 Å². The van der Waals surface area contributed by atoms with Crippen molar-refractivity contribution in [1.29, 1.82) is 0 Å². The third kappa shape index (κ3) is 5.93. The van der Waals surface area contributed by atoms with E-state index in [2.05, 4.69) is 26.8 Å². The number of hydrogen-bond donors (Lipinski definition) is 2. The minimum absolute atomic E-state index is 0.217. The second-order valence-electron chi connectivity index (χ2n) is 5.47. The Hall–Kier alpha value is -2.25. The number of carbonyl (C=O) groups is 2. The zero-order chi connectivity index (χ0) is 19.1. The van der Waals surface area contributed by atoms with Crippen LogP contribution in [0, 0.1) is 13.8 Å². The smallest absolute Gasteiger partial charge is 0.276 e. The summed E-state index contributed by atoms with van der Waals surface area (Å²) in [6, 6.07) is 10.7. The minimum atomic E-state index is -0.524. The lowest BCUT2D eigenvalue weighted by Crippen LogP contribution is -2.45. The summed E-state index contributed by atoms with van der Waals surface area (Å²) in [5.74, 6) is 0.0176. The van der Waals surface area contributed by atoms with Crippen molar-refractivity contribution < 1.29 is 19.1 Å². The molecule has 0 aliphatic carbocycles. The molecule has 138 valence electrons. The van der Waals surface area contributed by atoms with E-state index in [1.807, 2.05) is 32.0 Å². The van der Waals surface area contributed by atoms with E-state index >= 15 is 0 Å². The fourth-order valence-electron chi connectivity index (χ4n) is 2.11. The van der Waals surface area contributed by atoms with E-state index in [-0.39, 0.29) is 13.2 Å². The van der Waals surface area contributed by atoms with Gasteiger partial charge in [-0.3, -0.25) is 20.4 Å². The van der Waals surface area contributed by atoms with E-state index < -0.39 is 11.8 Å². The van der Waals surface area contributed by atoms with E-state index in [0.717, 1.165) is 15.6 Å². The van der Waals surface area contributed by atoms with Crippen molar-refractivity contribution >= 4 is 39.3 Å². The highest BCUT2D eigenvalue weighted by molar-refractivity contribution is 9.10. The van der Waals surface area contributed by atoms with E-state index in [9.17, 15) is 9.59 Å². The quantitative estimate of drug-likeness (QED) is 0.674. The minimum Gasteiger partial charge on any atom is -0.483 e. The molecule has 2 rings (SSSR count). The van der Waals surface area contributed by atoms with Crippen LogP contribution in [-0.2, 0) is 9.59 Å². The van der Waals surface area contributed by atoms with Gasteiger partial charge in [-0.05, 0) is 43.2 Å². The SMILES string of the molecule is Cc1cccc(C)c1OCC(=O)NNC(=O)COc1ccc(Br)cc1Cl. The molecule has 26 heavy (non-hydrogen) atoms. The highest BCUT2D eigenvalue weighted by atomic mass is 79.9. The van der Waals surface area contributed by atoms with Crippen LogP contribution in [-0.4, -0.2) is 25.0 Å². The highest BCUT2D eigenvalue weighted by Crippen LogP contribution is 2.27. The van der Waals surface area contributed by atoms with Gasteiger partial charge < -0.3 is 9.47 Å². The molecule has 0 fully saturated rings. The third-order valence-electron chi connectivity index (χ3n) is 3.35. The van der Waals surface area contributed by atoms with Crippen LogP contribution in [0.5, 0.6) is 11.5 Å². The van der Waals surface area contributed by atoms with Gasteiger partial charge in [-0.1, -0.05) is 45.7 Å². The number of amides is 2. The second kappa shape index (κ2) is 9.45. The van der Waals surface area contributed by atoms with E-state index in [1.165, 1.54) is 0 Å². The second-order valence-corrected chi connectivity index (χ2v) is 6.79.